The molecule has 1 aromatic carbocycles. The number of hydrogen-bond donors (Lipinski definition) is 1. The van der Waals surface area contributed by atoms with Gasteiger partial charge in [-0.1, -0.05) is 31.2 Å². The Morgan fingerprint density at radius 3 is 2.50 bits per heavy atom. The van der Waals surface area contributed by atoms with Crippen molar-refractivity contribution in [3.8, 4) is 0 Å². The van der Waals surface area contributed by atoms with E-state index in [9.17, 15) is 10.1 Å². The maximum Gasteiger partial charge on any atom is 0.269 e. The molecule has 0 radical (unpaired) electrons. The molecule has 0 aliphatic rings. The average molecular weight is 275 g/mol. The van der Waals surface area contributed by atoms with Gasteiger partial charge in [-0.25, -0.2) is 4.68 Å². The quantitative estimate of drug-likeness (QED) is 0.662. The fourth-order valence-electron chi connectivity index (χ4n) is 2.15. The van der Waals surface area contributed by atoms with E-state index in [-0.39, 0.29) is 11.6 Å². The number of rotatable bonds is 5. The molecule has 0 bridgehead atoms. The van der Waals surface area contributed by atoms with Crippen LogP contribution in [0.15, 0.2) is 24.3 Å². The minimum atomic E-state index is -0.411. The van der Waals surface area contributed by atoms with Gasteiger partial charge >= 0.3 is 0 Å². The first-order valence-electron chi connectivity index (χ1n) is 6.38. The van der Waals surface area contributed by atoms with E-state index in [0.29, 0.717) is 13.1 Å². The number of hydrogen-bond acceptors (Lipinski definition) is 5. The summed E-state index contributed by atoms with van der Waals surface area (Å²) in [4.78, 5) is 10.2. The molecule has 0 unspecified atom stereocenters. The van der Waals surface area contributed by atoms with Gasteiger partial charge in [0.15, 0.2) is 0 Å². The molecule has 0 saturated carbocycles. The van der Waals surface area contributed by atoms with E-state index in [2.05, 4.69) is 24.2 Å². The highest BCUT2D eigenvalue weighted by Crippen LogP contribution is 2.19. The highest BCUT2D eigenvalue weighted by molar-refractivity contribution is 5.33. The summed E-state index contributed by atoms with van der Waals surface area (Å²) in [5, 5.41) is 18.8. The van der Waals surface area contributed by atoms with Crippen molar-refractivity contribution in [3.63, 3.8) is 0 Å². The lowest BCUT2D eigenvalue weighted by atomic mass is 10.1. The summed E-state index contributed by atoms with van der Waals surface area (Å²) in [7, 11) is 0. The first-order chi connectivity index (χ1) is 9.52. The first-order valence-corrected chi connectivity index (χ1v) is 6.38. The summed E-state index contributed by atoms with van der Waals surface area (Å²) in [5.74, 6) is 0.265. The molecule has 20 heavy (non-hydrogen) atoms. The van der Waals surface area contributed by atoms with E-state index in [0.717, 1.165) is 17.0 Å². The molecule has 2 aromatic rings. The Morgan fingerprint density at radius 1 is 1.35 bits per heavy atom. The summed E-state index contributed by atoms with van der Waals surface area (Å²) >= 11 is 0. The molecular formula is C13H17N5O2. The van der Waals surface area contributed by atoms with Crippen LogP contribution in [0.4, 0.5) is 5.69 Å². The molecule has 0 saturated heterocycles. The average Bonchev–Trinajstić information content (AvgIpc) is 2.82. The standard InChI is InChI=1S/C13H17N5O2/c1-9(2)13-12(7-14)15-16-17(13)8-10-3-5-11(6-4-10)18(19)20/h3-6,9H,7-8,14H2,1-2H3. The van der Waals surface area contributed by atoms with Crippen molar-refractivity contribution in [1.82, 2.24) is 15.0 Å². The van der Waals surface area contributed by atoms with Crippen molar-refractivity contribution >= 4 is 5.69 Å². The summed E-state index contributed by atoms with van der Waals surface area (Å²) in [6, 6.07) is 6.44. The van der Waals surface area contributed by atoms with Gasteiger partial charge < -0.3 is 5.73 Å². The van der Waals surface area contributed by atoms with E-state index in [1.165, 1.54) is 12.1 Å². The molecule has 0 atom stereocenters. The van der Waals surface area contributed by atoms with Crippen molar-refractivity contribution in [3.05, 3.63) is 51.3 Å². The normalized spacial score (nSPS) is 11.0. The molecule has 1 aromatic heterocycles. The highest BCUT2D eigenvalue weighted by atomic mass is 16.6. The van der Waals surface area contributed by atoms with Gasteiger partial charge in [0.05, 0.1) is 22.9 Å². The fraction of sp³-hybridized carbons (Fsp3) is 0.385. The van der Waals surface area contributed by atoms with Gasteiger partial charge in [-0.05, 0) is 11.5 Å². The third-order valence-electron chi connectivity index (χ3n) is 3.07. The summed E-state index contributed by atoms with van der Waals surface area (Å²) < 4.78 is 1.80. The second kappa shape index (κ2) is 5.79. The van der Waals surface area contributed by atoms with Gasteiger partial charge in [-0.15, -0.1) is 5.10 Å². The number of aromatic nitrogens is 3. The zero-order valence-electron chi connectivity index (χ0n) is 11.5. The van der Waals surface area contributed by atoms with Crippen LogP contribution in [0.2, 0.25) is 0 Å². The van der Waals surface area contributed by atoms with Crippen LogP contribution in [0.1, 0.15) is 36.7 Å². The number of nitro benzene ring substituents is 1. The van der Waals surface area contributed by atoms with Crippen molar-refractivity contribution in [2.75, 3.05) is 0 Å². The van der Waals surface area contributed by atoms with Crippen LogP contribution in [0, 0.1) is 10.1 Å². The molecule has 1 heterocycles. The SMILES string of the molecule is CC(C)c1c(CN)nnn1Cc1ccc([N+](=O)[O-])cc1. The van der Waals surface area contributed by atoms with E-state index in [1.54, 1.807) is 16.8 Å². The second-order valence-electron chi connectivity index (χ2n) is 4.86. The molecule has 106 valence electrons. The van der Waals surface area contributed by atoms with E-state index in [4.69, 9.17) is 5.73 Å². The summed E-state index contributed by atoms with van der Waals surface area (Å²) in [6.07, 6.45) is 0. The molecule has 0 aliphatic carbocycles. The fourth-order valence-corrected chi connectivity index (χ4v) is 2.15. The first kappa shape index (κ1) is 14.1. The van der Waals surface area contributed by atoms with Crippen LogP contribution in [-0.4, -0.2) is 19.9 Å². The Kier molecular flexibility index (Phi) is 4.09. The zero-order chi connectivity index (χ0) is 14.7. The van der Waals surface area contributed by atoms with Crippen molar-refractivity contribution in [2.45, 2.75) is 32.9 Å². The van der Waals surface area contributed by atoms with Crippen molar-refractivity contribution < 1.29 is 4.92 Å². The van der Waals surface area contributed by atoms with Crippen LogP contribution in [0.25, 0.3) is 0 Å². The molecular weight excluding hydrogens is 258 g/mol. The minimum absolute atomic E-state index is 0.0825. The van der Waals surface area contributed by atoms with Crippen LogP contribution in [-0.2, 0) is 13.1 Å². The van der Waals surface area contributed by atoms with E-state index >= 15 is 0 Å². The minimum Gasteiger partial charge on any atom is -0.325 e. The third-order valence-corrected chi connectivity index (χ3v) is 3.07. The Bertz CT molecular complexity index is 604. The number of nitrogens with zero attached hydrogens (tertiary/aromatic N) is 4. The number of nitrogens with two attached hydrogens (primary N) is 1. The second-order valence-corrected chi connectivity index (χ2v) is 4.86. The van der Waals surface area contributed by atoms with Crippen molar-refractivity contribution in [2.24, 2.45) is 5.73 Å². The topological polar surface area (TPSA) is 99.9 Å². The van der Waals surface area contributed by atoms with Gasteiger partial charge in [-0.3, -0.25) is 10.1 Å². The van der Waals surface area contributed by atoms with Crippen LogP contribution < -0.4 is 5.73 Å². The Balaban J connectivity index is 2.25. The maximum atomic E-state index is 10.6. The summed E-state index contributed by atoms with van der Waals surface area (Å²) in [6.45, 7) is 5.00. The molecule has 2 N–H and O–H groups in total. The molecule has 0 aliphatic heterocycles. The number of benzene rings is 1. The Hall–Kier alpha value is -2.28. The number of non-ortho nitro benzene ring substituents is 1. The van der Waals surface area contributed by atoms with Crippen molar-refractivity contribution in [1.29, 1.82) is 0 Å². The monoisotopic (exact) mass is 275 g/mol. The molecule has 2 rings (SSSR count). The van der Waals surface area contributed by atoms with E-state index < -0.39 is 4.92 Å². The summed E-state index contributed by atoms with van der Waals surface area (Å²) in [5.41, 5.74) is 8.47. The molecule has 0 amide bonds. The van der Waals surface area contributed by atoms with Gasteiger partial charge in [0, 0.05) is 18.7 Å². The Labute approximate surface area is 116 Å². The largest absolute Gasteiger partial charge is 0.325 e. The maximum absolute atomic E-state index is 10.6. The van der Waals surface area contributed by atoms with Gasteiger partial charge in [-0.2, -0.15) is 0 Å². The predicted octanol–water partition coefficient (Wildman–Crippen LogP) is 1.82. The zero-order valence-corrected chi connectivity index (χ0v) is 11.5. The lowest BCUT2D eigenvalue weighted by Gasteiger charge is -2.10. The predicted molar refractivity (Wildman–Crippen MR) is 74.2 cm³/mol. The van der Waals surface area contributed by atoms with Gasteiger partial charge in [0.2, 0.25) is 0 Å². The molecule has 7 nitrogen and oxygen atoms in total. The van der Waals surface area contributed by atoms with Crippen LogP contribution in [0.3, 0.4) is 0 Å². The van der Waals surface area contributed by atoms with E-state index in [1.807, 2.05) is 0 Å². The number of nitro groups is 1. The molecule has 7 heteroatoms. The van der Waals surface area contributed by atoms with Gasteiger partial charge in [0.25, 0.3) is 5.69 Å². The third kappa shape index (κ3) is 2.83. The van der Waals surface area contributed by atoms with Gasteiger partial charge in [0.1, 0.15) is 0 Å². The highest BCUT2D eigenvalue weighted by Gasteiger charge is 2.15. The van der Waals surface area contributed by atoms with Crippen LogP contribution in [0.5, 0.6) is 0 Å². The molecule has 0 spiro atoms. The smallest absolute Gasteiger partial charge is 0.269 e. The Morgan fingerprint density at radius 2 is 2.00 bits per heavy atom. The lowest BCUT2D eigenvalue weighted by Crippen LogP contribution is -2.10. The lowest BCUT2D eigenvalue weighted by molar-refractivity contribution is -0.384. The van der Waals surface area contributed by atoms with Crippen LogP contribution >= 0.6 is 0 Å². The molecule has 0 fully saturated rings.